The summed E-state index contributed by atoms with van der Waals surface area (Å²) in [6.07, 6.45) is 0. The highest BCUT2D eigenvalue weighted by atomic mass is 79.9. The molecule has 17 heavy (non-hydrogen) atoms. The number of rotatable bonds is 3. The predicted octanol–water partition coefficient (Wildman–Crippen LogP) is 2.66. The van der Waals surface area contributed by atoms with Crippen molar-refractivity contribution in [3.8, 4) is 0 Å². The van der Waals surface area contributed by atoms with Crippen LogP contribution in [0.25, 0.3) is 0 Å². The summed E-state index contributed by atoms with van der Waals surface area (Å²) in [6.45, 7) is 8.75. The van der Waals surface area contributed by atoms with Crippen molar-refractivity contribution in [1.82, 2.24) is 0 Å². The standard InChI is InChI=1S/C12H21BrN2O2/c1-6-17-11-12(4,7-13)15-10(16-5)9(14-11)8(2)3/h8-9H,6-7H2,1-5H3/t9-,12+/m1/s1. The van der Waals surface area contributed by atoms with Crippen LogP contribution in [0, 0.1) is 5.92 Å². The minimum Gasteiger partial charge on any atom is -0.483 e. The molecule has 0 aliphatic carbocycles. The molecule has 0 fully saturated rings. The SMILES string of the molecule is CCOC1=N[C@H](C(C)C)C(OC)=N[C@@]1(C)CBr. The van der Waals surface area contributed by atoms with Crippen LogP contribution in [0.1, 0.15) is 27.7 Å². The van der Waals surface area contributed by atoms with Crippen LogP contribution >= 0.6 is 15.9 Å². The molecule has 0 amide bonds. The zero-order chi connectivity index (χ0) is 13.1. The maximum absolute atomic E-state index is 5.62. The van der Waals surface area contributed by atoms with Crippen molar-refractivity contribution in [2.75, 3.05) is 19.0 Å². The van der Waals surface area contributed by atoms with Crippen molar-refractivity contribution in [1.29, 1.82) is 0 Å². The third-order valence-electron chi connectivity index (χ3n) is 2.71. The first-order chi connectivity index (χ1) is 7.98. The molecular weight excluding hydrogens is 284 g/mol. The summed E-state index contributed by atoms with van der Waals surface area (Å²) in [5, 5.41) is 0.663. The molecule has 1 aliphatic rings. The smallest absolute Gasteiger partial charge is 0.213 e. The number of hydrogen-bond donors (Lipinski definition) is 0. The van der Waals surface area contributed by atoms with Gasteiger partial charge in [0, 0.05) is 5.33 Å². The van der Waals surface area contributed by atoms with Gasteiger partial charge < -0.3 is 9.47 Å². The van der Waals surface area contributed by atoms with Crippen LogP contribution in [0.2, 0.25) is 0 Å². The molecule has 0 saturated carbocycles. The van der Waals surface area contributed by atoms with Crippen LogP contribution < -0.4 is 0 Å². The number of ether oxygens (including phenoxy) is 2. The average Bonchev–Trinajstić information content (AvgIpc) is 2.31. The lowest BCUT2D eigenvalue weighted by molar-refractivity contribution is 0.279. The van der Waals surface area contributed by atoms with Crippen molar-refractivity contribution >= 4 is 27.7 Å². The molecule has 0 aromatic rings. The van der Waals surface area contributed by atoms with E-state index >= 15 is 0 Å². The Hall–Kier alpha value is -0.580. The highest BCUT2D eigenvalue weighted by Crippen LogP contribution is 2.26. The number of aliphatic imine (C=N–C) groups is 2. The van der Waals surface area contributed by atoms with Crippen LogP contribution in [-0.2, 0) is 9.47 Å². The topological polar surface area (TPSA) is 43.2 Å². The third kappa shape index (κ3) is 3.00. The van der Waals surface area contributed by atoms with E-state index in [0.717, 1.165) is 0 Å². The van der Waals surface area contributed by atoms with Gasteiger partial charge in [0.15, 0.2) is 0 Å². The van der Waals surface area contributed by atoms with Crippen LogP contribution in [0.15, 0.2) is 9.98 Å². The fourth-order valence-corrected chi connectivity index (χ4v) is 2.06. The second-order valence-electron chi connectivity index (χ2n) is 4.62. The summed E-state index contributed by atoms with van der Waals surface area (Å²) in [5.74, 6) is 1.71. The van der Waals surface area contributed by atoms with Gasteiger partial charge in [0.1, 0.15) is 11.6 Å². The molecule has 0 unspecified atom stereocenters. The van der Waals surface area contributed by atoms with E-state index in [1.807, 2.05) is 13.8 Å². The van der Waals surface area contributed by atoms with Gasteiger partial charge in [0.25, 0.3) is 0 Å². The van der Waals surface area contributed by atoms with Gasteiger partial charge in [0.2, 0.25) is 11.8 Å². The molecule has 98 valence electrons. The molecule has 0 saturated heterocycles. The molecule has 0 N–H and O–H groups in total. The quantitative estimate of drug-likeness (QED) is 0.752. The normalized spacial score (nSPS) is 28.8. The fraction of sp³-hybridized carbons (Fsp3) is 0.833. The van der Waals surface area contributed by atoms with E-state index in [1.54, 1.807) is 7.11 Å². The minimum absolute atomic E-state index is 0.0475. The van der Waals surface area contributed by atoms with E-state index < -0.39 is 5.54 Å². The predicted molar refractivity (Wildman–Crippen MR) is 74.3 cm³/mol. The minimum atomic E-state index is -0.466. The Morgan fingerprint density at radius 3 is 2.53 bits per heavy atom. The van der Waals surface area contributed by atoms with Gasteiger partial charge >= 0.3 is 0 Å². The maximum atomic E-state index is 5.62. The van der Waals surface area contributed by atoms with Crippen LogP contribution in [0.3, 0.4) is 0 Å². The zero-order valence-electron chi connectivity index (χ0n) is 11.2. The Morgan fingerprint density at radius 2 is 2.12 bits per heavy atom. The molecule has 0 radical (unpaired) electrons. The first-order valence-corrected chi connectivity index (χ1v) is 7.01. The first kappa shape index (κ1) is 14.5. The number of hydrogen-bond acceptors (Lipinski definition) is 4. The number of alkyl halides is 1. The van der Waals surface area contributed by atoms with Gasteiger partial charge in [-0.15, -0.1) is 0 Å². The van der Waals surface area contributed by atoms with Gasteiger partial charge in [-0.3, -0.25) is 0 Å². The van der Waals surface area contributed by atoms with E-state index in [4.69, 9.17) is 9.47 Å². The molecule has 0 aromatic heterocycles. The molecule has 1 rings (SSSR count). The Balaban J connectivity index is 3.10. The first-order valence-electron chi connectivity index (χ1n) is 5.89. The second-order valence-corrected chi connectivity index (χ2v) is 5.18. The largest absolute Gasteiger partial charge is 0.483 e. The lowest BCUT2D eigenvalue weighted by Gasteiger charge is -2.32. The van der Waals surface area contributed by atoms with Crippen LogP contribution in [0.4, 0.5) is 0 Å². The molecule has 1 heterocycles. The number of methoxy groups -OCH3 is 1. The molecular formula is C12H21BrN2O2. The highest BCUT2D eigenvalue weighted by Gasteiger charge is 2.39. The molecule has 1 aliphatic heterocycles. The van der Waals surface area contributed by atoms with Crippen LogP contribution in [-0.4, -0.2) is 42.4 Å². The van der Waals surface area contributed by atoms with Crippen molar-refractivity contribution in [2.24, 2.45) is 15.9 Å². The fourth-order valence-electron chi connectivity index (χ4n) is 1.69. The van der Waals surface area contributed by atoms with E-state index in [-0.39, 0.29) is 6.04 Å². The average molecular weight is 305 g/mol. The molecule has 5 heteroatoms. The van der Waals surface area contributed by atoms with E-state index in [9.17, 15) is 0 Å². The van der Waals surface area contributed by atoms with Crippen molar-refractivity contribution in [3.63, 3.8) is 0 Å². The Kier molecular flexibility index (Phi) is 4.98. The third-order valence-corrected chi connectivity index (χ3v) is 3.80. The Morgan fingerprint density at radius 1 is 1.47 bits per heavy atom. The van der Waals surface area contributed by atoms with Crippen molar-refractivity contribution in [2.45, 2.75) is 39.3 Å². The number of halogens is 1. The summed E-state index contributed by atoms with van der Waals surface area (Å²) < 4.78 is 11.0. The Bertz CT molecular complexity index is 328. The lowest BCUT2D eigenvalue weighted by Crippen LogP contribution is -2.46. The molecule has 4 nitrogen and oxygen atoms in total. The van der Waals surface area contributed by atoms with Gasteiger partial charge in [-0.1, -0.05) is 29.8 Å². The van der Waals surface area contributed by atoms with Crippen LogP contribution in [0.5, 0.6) is 0 Å². The second kappa shape index (κ2) is 5.85. The van der Waals surface area contributed by atoms with E-state index in [1.165, 1.54) is 0 Å². The van der Waals surface area contributed by atoms with Gasteiger partial charge in [-0.25, -0.2) is 9.98 Å². The van der Waals surface area contributed by atoms with Crippen molar-refractivity contribution < 1.29 is 9.47 Å². The van der Waals surface area contributed by atoms with Gasteiger partial charge in [-0.2, -0.15) is 0 Å². The van der Waals surface area contributed by atoms with E-state index in [2.05, 4.69) is 39.8 Å². The van der Waals surface area contributed by atoms with Gasteiger partial charge in [0.05, 0.1) is 13.7 Å². The number of nitrogens with zero attached hydrogens (tertiary/aromatic N) is 2. The molecule has 2 atom stereocenters. The molecule has 0 aromatic carbocycles. The monoisotopic (exact) mass is 304 g/mol. The lowest BCUT2D eigenvalue weighted by atomic mass is 9.98. The molecule has 0 spiro atoms. The Labute approximate surface area is 112 Å². The van der Waals surface area contributed by atoms with Gasteiger partial charge in [-0.05, 0) is 19.8 Å². The summed E-state index contributed by atoms with van der Waals surface area (Å²) in [4.78, 5) is 9.30. The summed E-state index contributed by atoms with van der Waals surface area (Å²) in [7, 11) is 1.64. The van der Waals surface area contributed by atoms with E-state index in [0.29, 0.717) is 29.7 Å². The van der Waals surface area contributed by atoms with Crippen molar-refractivity contribution in [3.05, 3.63) is 0 Å². The highest BCUT2D eigenvalue weighted by molar-refractivity contribution is 9.09. The zero-order valence-corrected chi connectivity index (χ0v) is 12.7. The molecule has 0 bridgehead atoms. The maximum Gasteiger partial charge on any atom is 0.213 e. The summed E-state index contributed by atoms with van der Waals surface area (Å²) >= 11 is 3.47. The summed E-state index contributed by atoms with van der Waals surface area (Å²) in [6, 6.07) is -0.0475. The summed E-state index contributed by atoms with van der Waals surface area (Å²) in [5.41, 5.74) is -0.466.